The largest absolute Gasteiger partial charge is 0.478 e. The number of aromatic nitrogens is 3. The van der Waals surface area contributed by atoms with Crippen LogP contribution in [0, 0.1) is 13.8 Å². The average molecular weight is 331 g/mol. The Bertz CT molecular complexity index is 930. The van der Waals surface area contributed by atoms with Gasteiger partial charge < -0.3 is 5.11 Å². The number of pyridine rings is 1. The van der Waals surface area contributed by atoms with Crippen LogP contribution in [0.4, 0.5) is 0 Å². The Morgan fingerprint density at radius 1 is 1.08 bits per heavy atom. The minimum Gasteiger partial charge on any atom is -0.478 e. The minimum absolute atomic E-state index is 0.102. The number of aliphatic carboxylic acids is 1. The molecule has 1 aromatic carbocycles. The summed E-state index contributed by atoms with van der Waals surface area (Å²) >= 11 is 0. The summed E-state index contributed by atoms with van der Waals surface area (Å²) in [4.78, 5) is 24.3. The van der Waals surface area contributed by atoms with Gasteiger partial charge in [-0.25, -0.2) is 14.8 Å². The van der Waals surface area contributed by atoms with Crippen molar-refractivity contribution in [2.24, 2.45) is 0 Å². The molecule has 0 radical (unpaired) electrons. The first-order valence-electron chi connectivity index (χ1n) is 7.80. The van der Waals surface area contributed by atoms with Crippen molar-refractivity contribution in [2.45, 2.75) is 13.8 Å². The Morgan fingerprint density at radius 2 is 1.84 bits per heavy atom. The number of carboxylic acids is 1. The van der Waals surface area contributed by atoms with E-state index in [2.05, 4.69) is 21.0 Å². The molecule has 5 nitrogen and oxygen atoms in total. The molecule has 25 heavy (non-hydrogen) atoms. The van der Waals surface area contributed by atoms with Gasteiger partial charge in [-0.05, 0) is 44.2 Å². The maximum absolute atomic E-state index is 11.6. The summed E-state index contributed by atoms with van der Waals surface area (Å²) in [6, 6.07) is 11.4. The Kier molecular flexibility index (Phi) is 4.66. The average Bonchev–Trinajstić information content (AvgIpc) is 2.59. The number of rotatable bonds is 4. The fraction of sp³-hybridized carbons (Fsp3) is 0.100. The zero-order chi connectivity index (χ0) is 17.8. The second-order valence-electron chi connectivity index (χ2n) is 5.78. The van der Waals surface area contributed by atoms with Crippen LogP contribution in [0.15, 0.2) is 55.0 Å². The van der Waals surface area contributed by atoms with Gasteiger partial charge >= 0.3 is 5.97 Å². The summed E-state index contributed by atoms with van der Waals surface area (Å²) in [5.41, 5.74) is 4.64. The fourth-order valence-corrected chi connectivity index (χ4v) is 2.65. The monoisotopic (exact) mass is 331 g/mol. The van der Waals surface area contributed by atoms with Crippen molar-refractivity contribution in [3.8, 4) is 11.3 Å². The Hall–Kier alpha value is -3.34. The number of hydrogen-bond acceptors (Lipinski definition) is 4. The number of carbonyl (C=O) groups is 1. The highest BCUT2D eigenvalue weighted by Gasteiger charge is 2.12. The molecule has 1 N–H and O–H groups in total. The smallest absolute Gasteiger partial charge is 0.336 e. The molecule has 0 saturated heterocycles. The highest BCUT2D eigenvalue weighted by Crippen LogP contribution is 2.21. The second kappa shape index (κ2) is 7.05. The standard InChI is InChI=1S/C20H17N3O2/c1-13-8-14(2)10-16(9-13)18-5-7-22-19(23-18)11-17(20(24)25)15-4-3-6-21-12-15/h3-12H,1-2H3,(H,24,25)/b17-11+. The van der Waals surface area contributed by atoms with Crippen molar-refractivity contribution in [2.75, 3.05) is 0 Å². The zero-order valence-electron chi connectivity index (χ0n) is 14.0. The van der Waals surface area contributed by atoms with Crippen molar-refractivity contribution in [3.63, 3.8) is 0 Å². The first kappa shape index (κ1) is 16.5. The number of benzene rings is 1. The predicted molar refractivity (Wildman–Crippen MR) is 96.7 cm³/mol. The molecule has 0 spiro atoms. The van der Waals surface area contributed by atoms with Gasteiger partial charge in [-0.1, -0.05) is 23.3 Å². The molecule has 2 aromatic heterocycles. The molecule has 0 amide bonds. The molecule has 3 rings (SSSR count). The molecule has 0 bridgehead atoms. The molecule has 2 heterocycles. The van der Waals surface area contributed by atoms with Crippen molar-refractivity contribution >= 4 is 17.6 Å². The van der Waals surface area contributed by atoms with E-state index in [1.165, 1.54) is 12.3 Å². The van der Waals surface area contributed by atoms with Gasteiger partial charge in [0.1, 0.15) is 0 Å². The third kappa shape index (κ3) is 3.95. The summed E-state index contributed by atoms with van der Waals surface area (Å²) < 4.78 is 0. The van der Waals surface area contributed by atoms with E-state index in [1.807, 2.05) is 32.0 Å². The first-order valence-corrected chi connectivity index (χ1v) is 7.80. The van der Waals surface area contributed by atoms with E-state index in [0.29, 0.717) is 11.4 Å². The molecule has 3 aromatic rings. The van der Waals surface area contributed by atoms with Crippen LogP contribution < -0.4 is 0 Å². The highest BCUT2D eigenvalue weighted by molar-refractivity contribution is 6.20. The lowest BCUT2D eigenvalue weighted by Gasteiger charge is -2.06. The summed E-state index contributed by atoms with van der Waals surface area (Å²) in [5.74, 6) is -0.702. The van der Waals surface area contributed by atoms with Gasteiger partial charge in [-0.3, -0.25) is 4.98 Å². The van der Waals surface area contributed by atoms with E-state index < -0.39 is 5.97 Å². The number of nitrogens with zero attached hydrogens (tertiary/aromatic N) is 3. The molecular formula is C20H17N3O2. The molecular weight excluding hydrogens is 314 g/mol. The molecule has 0 aliphatic carbocycles. The van der Waals surface area contributed by atoms with E-state index in [-0.39, 0.29) is 5.57 Å². The van der Waals surface area contributed by atoms with Crippen LogP contribution >= 0.6 is 0 Å². The molecule has 0 fully saturated rings. The van der Waals surface area contributed by atoms with Gasteiger partial charge in [-0.15, -0.1) is 0 Å². The van der Waals surface area contributed by atoms with Gasteiger partial charge in [-0.2, -0.15) is 0 Å². The van der Waals surface area contributed by atoms with Crippen molar-refractivity contribution < 1.29 is 9.90 Å². The van der Waals surface area contributed by atoms with Crippen LogP contribution in [0.25, 0.3) is 22.9 Å². The summed E-state index contributed by atoms with van der Waals surface area (Å²) in [6.07, 6.45) is 6.20. The van der Waals surface area contributed by atoms with E-state index in [9.17, 15) is 9.90 Å². The third-order valence-electron chi connectivity index (χ3n) is 3.67. The molecule has 5 heteroatoms. The molecule has 0 aliphatic rings. The van der Waals surface area contributed by atoms with Gasteiger partial charge in [0.15, 0.2) is 5.82 Å². The molecule has 0 saturated carbocycles. The van der Waals surface area contributed by atoms with Gasteiger partial charge in [0.05, 0.1) is 11.3 Å². The van der Waals surface area contributed by atoms with Crippen LogP contribution in [0.3, 0.4) is 0 Å². The number of hydrogen-bond donors (Lipinski definition) is 1. The summed E-state index contributed by atoms with van der Waals surface area (Å²) in [6.45, 7) is 4.06. The van der Waals surface area contributed by atoms with E-state index in [4.69, 9.17) is 0 Å². The Balaban J connectivity index is 2.05. The van der Waals surface area contributed by atoms with Crippen LogP contribution in [0.2, 0.25) is 0 Å². The van der Waals surface area contributed by atoms with Gasteiger partial charge in [0.2, 0.25) is 0 Å². The van der Waals surface area contributed by atoms with Gasteiger partial charge in [0.25, 0.3) is 0 Å². The van der Waals surface area contributed by atoms with E-state index in [1.54, 1.807) is 24.5 Å². The van der Waals surface area contributed by atoms with E-state index >= 15 is 0 Å². The summed E-state index contributed by atoms with van der Waals surface area (Å²) in [5, 5.41) is 9.50. The number of aryl methyl sites for hydroxylation is 2. The fourth-order valence-electron chi connectivity index (χ4n) is 2.65. The van der Waals surface area contributed by atoms with Crippen molar-refractivity contribution in [1.82, 2.24) is 15.0 Å². The maximum atomic E-state index is 11.6. The number of carboxylic acid groups (broad SMARTS) is 1. The van der Waals surface area contributed by atoms with Crippen LogP contribution in [-0.2, 0) is 4.79 Å². The van der Waals surface area contributed by atoms with Crippen molar-refractivity contribution in [1.29, 1.82) is 0 Å². The first-order chi connectivity index (χ1) is 12.0. The molecule has 124 valence electrons. The minimum atomic E-state index is -1.05. The van der Waals surface area contributed by atoms with E-state index in [0.717, 1.165) is 22.4 Å². The SMILES string of the molecule is Cc1cc(C)cc(-c2ccnc(/C=C(/C(=O)O)c3cccnc3)n2)c1. The summed E-state index contributed by atoms with van der Waals surface area (Å²) in [7, 11) is 0. The van der Waals surface area contributed by atoms with Crippen molar-refractivity contribution in [3.05, 3.63) is 77.5 Å². The van der Waals surface area contributed by atoms with Crippen LogP contribution in [-0.4, -0.2) is 26.0 Å². The lowest BCUT2D eigenvalue weighted by atomic mass is 10.0. The maximum Gasteiger partial charge on any atom is 0.336 e. The molecule has 0 atom stereocenters. The van der Waals surface area contributed by atoms with Gasteiger partial charge in [0, 0.05) is 29.7 Å². The zero-order valence-corrected chi connectivity index (χ0v) is 14.0. The highest BCUT2D eigenvalue weighted by atomic mass is 16.4. The lowest BCUT2D eigenvalue weighted by molar-refractivity contribution is -0.130. The quantitative estimate of drug-likeness (QED) is 0.736. The third-order valence-corrected chi connectivity index (χ3v) is 3.67. The molecule has 0 aliphatic heterocycles. The van der Waals surface area contributed by atoms with Crippen LogP contribution in [0.5, 0.6) is 0 Å². The second-order valence-corrected chi connectivity index (χ2v) is 5.78. The lowest BCUT2D eigenvalue weighted by Crippen LogP contribution is -2.01. The molecule has 0 unspecified atom stereocenters. The van der Waals surface area contributed by atoms with Crippen LogP contribution in [0.1, 0.15) is 22.5 Å². The topological polar surface area (TPSA) is 76.0 Å². The normalized spacial score (nSPS) is 11.4. The Labute approximate surface area is 145 Å². The Morgan fingerprint density at radius 3 is 2.48 bits per heavy atom. The predicted octanol–water partition coefficient (Wildman–Crippen LogP) is 3.78.